The summed E-state index contributed by atoms with van der Waals surface area (Å²) >= 11 is 0. The number of aliphatic hydroxyl groups is 1. The molecule has 1 amide bonds. The molecule has 1 atom stereocenters. The molecule has 3 aromatic rings. The number of alkyl halides is 1. The standard InChI is InChI=1S/C21H20FN3O2/c1-14-3-6-19-15(9-14)7-8-25(19)13-21(2,27)20(26)24-18-5-4-16(12-23)17(10-18)11-22/h3-10,27H,11,13H2,1-2H3,(H,24,26)/t21-/m0/s1. The Morgan fingerprint density at radius 3 is 2.78 bits per heavy atom. The van der Waals surface area contributed by atoms with Crippen LogP contribution in [-0.4, -0.2) is 21.2 Å². The van der Waals surface area contributed by atoms with Gasteiger partial charge in [-0.3, -0.25) is 4.79 Å². The second-order valence-electron chi connectivity index (χ2n) is 6.85. The van der Waals surface area contributed by atoms with Crippen LogP contribution < -0.4 is 5.32 Å². The van der Waals surface area contributed by atoms with Crippen LogP contribution >= 0.6 is 0 Å². The summed E-state index contributed by atoms with van der Waals surface area (Å²) in [4.78, 5) is 12.6. The zero-order valence-corrected chi connectivity index (χ0v) is 15.2. The molecule has 1 heterocycles. The molecule has 2 aromatic carbocycles. The molecule has 1 aromatic heterocycles. The topological polar surface area (TPSA) is 78.1 Å². The number of benzene rings is 2. The second kappa shape index (κ2) is 7.22. The average molecular weight is 365 g/mol. The Labute approximate surface area is 156 Å². The second-order valence-corrected chi connectivity index (χ2v) is 6.85. The van der Waals surface area contributed by atoms with Crippen LogP contribution in [-0.2, 0) is 18.0 Å². The first kappa shape index (κ1) is 18.6. The van der Waals surface area contributed by atoms with Crippen molar-refractivity contribution in [2.24, 2.45) is 0 Å². The van der Waals surface area contributed by atoms with Gasteiger partial charge in [-0.1, -0.05) is 11.6 Å². The summed E-state index contributed by atoms with van der Waals surface area (Å²) in [6.45, 7) is 2.70. The number of halogens is 1. The Hall–Kier alpha value is -3.17. The first-order valence-corrected chi connectivity index (χ1v) is 8.52. The fraction of sp³-hybridized carbons (Fsp3) is 0.238. The summed E-state index contributed by atoms with van der Waals surface area (Å²) in [5, 5.41) is 23.3. The summed E-state index contributed by atoms with van der Waals surface area (Å²) in [7, 11) is 0. The molecule has 2 N–H and O–H groups in total. The molecule has 0 saturated carbocycles. The van der Waals surface area contributed by atoms with Crippen molar-refractivity contribution in [1.82, 2.24) is 4.57 Å². The van der Waals surface area contributed by atoms with Crippen LogP contribution in [0.4, 0.5) is 10.1 Å². The lowest BCUT2D eigenvalue weighted by Gasteiger charge is -2.23. The zero-order valence-electron chi connectivity index (χ0n) is 15.2. The largest absolute Gasteiger partial charge is 0.378 e. The first-order valence-electron chi connectivity index (χ1n) is 8.52. The molecule has 0 saturated heterocycles. The highest BCUT2D eigenvalue weighted by atomic mass is 19.1. The lowest BCUT2D eigenvalue weighted by Crippen LogP contribution is -2.43. The molecule has 0 aliphatic rings. The molecule has 0 unspecified atom stereocenters. The lowest BCUT2D eigenvalue weighted by atomic mass is 10.0. The Balaban J connectivity index is 1.80. The van der Waals surface area contributed by atoms with Crippen molar-refractivity contribution < 1.29 is 14.3 Å². The third kappa shape index (κ3) is 3.83. The number of carbonyl (C=O) groups excluding carboxylic acids is 1. The summed E-state index contributed by atoms with van der Waals surface area (Å²) in [5.41, 5.74) is 1.12. The maximum absolute atomic E-state index is 13.0. The normalized spacial score (nSPS) is 13.1. The molecular weight excluding hydrogens is 345 g/mol. The predicted molar refractivity (Wildman–Crippen MR) is 102 cm³/mol. The number of nitriles is 1. The molecule has 0 spiro atoms. The molecule has 0 bridgehead atoms. The van der Waals surface area contributed by atoms with Crippen LogP contribution in [0.5, 0.6) is 0 Å². The van der Waals surface area contributed by atoms with Gasteiger partial charge in [-0.25, -0.2) is 4.39 Å². The Bertz CT molecular complexity index is 1050. The fourth-order valence-corrected chi connectivity index (χ4v) is 3.02. The van der Waals surface area contributed by atoms with Crippen molar-refractivity contribution in [3.05, 3.63) is 65.4 Å². The summed E-state index contributed by atoms with van der Waals surface area (Å²) in [5.74, 6) is -0.606. The van der Waals surface area contributed by atoms with E-state index in [-0.39, 0.29) is 17.7 Å². The summed E-state index contributed by atoms with van der Waals surface area (Å²) in [6, 6.07) is 14.2. The van der Waals surface area contributed by atoms with Crippen molar-refractivity contribution in [2.45, 2.75) is 32.7 Å². The number of rotatable bonds is 5. The van der Waals surface area contributed by atoms with Crippen LogP contribution in [0, 0.1) is 18.3 Å². The van der Waals surface area contributed by atoms with E-state index in [1.54, 1.807) is 0 Å². The van der Waals surface area contributed by atoms with Gasteiger partial charge in [0.1, 0.15) is 6.67 Å². The summed E-state index contributed by atoms with van der Waals surface area (Å²) in [6.07, 6.45) is 1.83. The van der Waals surface area contributed by atoms with Gasteiger partial charge < -0.3 is 15.0 Å². The van der Waals surface area contributed by atoms with Gasteiger partial charge in [-0.2, -0.15) is 5.26 Å². The number of fused-ring (bicyclic) bond motifs is 1. The number of anilines is 1. The number of hydrogen-bond acceptors (Lipinski definition) is 3. The van der Waals surface area contributed by atoms with Gasteiger partial charge in [-0.15, -0.1) is 0 Å². The van der Waals surface area contributed by atoms with Gasteiger partial charge in [0.05, 0.1) is 18.2 Å². The number of nitrogens with one attached hydrogen (secondary N) is 1. The van der Waals surface area contributed by atoms with Crippen LogP contribution in [0.1, 0.15) is 23.6 Å². The van der Waals surface area contributed by atoms with Gasteiger partial charge in [0.15, 0.2) is 5.60 Å². The van der Waals surface area contributed by atoms with Crippen molar-refractivity contribution in [3.8, 4) is 6.07 Å². The maximum Gasteiger partial charge on any atom is 0.257 e. The van der Waals surface area contributed by atoms with Crippen molar-refractivity contribution >= 4 is 22.5 Å². The van der Waals surface area contributed by atoms with Gasteiger partial charge in [0.2, 0.25) is 0 Å². The third-order valence-corrected chi connectivity index (χ3v) is 4.52. The van der Waals surface area contributed by atoms with E-state index < -0.39 is 18.2 Å². The molecule has 0 aliphatic carbocycles. The fourth-order valence-electron chi connectivity index (χ4n) is 3.02. The van der Waals surface area contributed by atoms with Gasteiger partial charge in [0.25, 0.3) is 5.91 Å². The number of amides is 1. The molecule has 0 radical (unpaired) electrons. The minimum absolute atomic E-state index is 0.0671. The highest BCUT2D eigenvalue weighted by molar-refractivity contribution is 5.97. The van der Waals surface area contributed by atoms with E-state index in [0.717, 1.165) is 16.5 Å². The highest BCUT2D eigenvalue weighted by Crippen LogP contribution is 2.22. The van der Waals surface area contributed by atoms with Gasteiger partial charge >= 0.3 is 0 Å². The molecule has 0 fully saturated rings. The predicted octanol–water partition coefficient (Wildman–Crippen LogP) is 3.68. The van der Waals surface area contributed by atoms with E-state index in [2.05, 4.69) is 5.32 Å². The highest BCUT2D eigenvalue weighted by Gasteiger charge is 2.31. The minimum atomic E-state index is -1.68. The van der Waals surface area contributed by atoms with E-state index in [4.69, 9.17) is 5.26 Å². The van der Waals surface area contributed by atoms with E-state index in [0.29, 0.717) is 5.69 Å². The summed E-state index contributed by atoms with van der Waals surface area (Å²) < 4.78 is 14.9. The van der Waals surface area contributed by atoms with Crippen LogP contribution in [0.3, 0.4) is 0 Å². The minimum Gasteiger partial charge on any atom is -0.378 e. The first-order chi connectivity index (χ1) is 12.8. The van der Waals surface area contributed by atoms with E-state index in [1.165, 1.54) is 25.1 Å². The zero-order chi connectivity index (χ0) is 19.6. The smallest absolute Gasteiger partial charge is 0.257 e. The molecule has 5 nitrogen and oxygen atoms in total. The lowest BCUT2D eigenvalue weighted by molar-refractivity contribution is -0.133. The number of aromatic nitrogens is 1. The van der Waals surface area contributed by atoms with E-state index in [1.807, 2.05) is 48.0 Å². The van der Waals surface area contributed by atoms with Gasteiger partial charge in [-0.05, 0) is 55.6 Å². The number of nitrogens with zero attached hydrogens (tertiary/aromatic N) is 2. The van der Waals surface area contributed by atoms with Gasteiger partial charge in [0, 0.05) is 23.0 Å². The molecule has 27 heavy (non-hydrogen) atoms. The molecule has 6 heteroatoms. The quantitative estimate of drug-likeness (QED) is 0.724. The Morgan fingerprint density at radius 1 is 1.30 bits per heavy atom. The molecule has 3 rings (SSSR count). The number of aryl methyl sites for hydroxylation is 1. The van der Waals surface area contributed by atoms with E-state index in [9.17, 15) is 14.3 Å². The number of carbonyl (C=O) groups is 1. The third-order valence-electron chi connectivity index (χ3n) is 4.52. The average Bonchev–Trinajstić information content (AvgIpc) is 3.02. The van der Waals surface area contributed by atoms with Crippen LogP contribution in [0.2, 0.25) is 0 Å². The van der Waals surface area contributed by atoms with Crippen LogP contribution in [0.25, 0.3) is 10.9 Å². The van der Waals surface area contributed by atoms with Crippen molar-refractivity contribution in [1.29, 1.82) is 5.26 Å². The van der Waals surface area contributed by atoms with Crippen LogP contribution in [0.15, 0.2) is 48.7 Å². The SMILES string of the molecule is Cc1ccc2c(ccn2C[C@](C)(O)C(=O)Nc2ccc(C#N)c(CF)c2)c1. The Morgan fingerprint density at radius 2 is 2.07 bits per heavy atom. The molecule has 138 valence electrons. The maximum atomic E-state index is 13.0. The van der Waals surface area contributed by atoms with Crippen molar-refractivity contribution in [2.75, 3.05) is 5.32 Å². The molecule has 0 aliphatic heterocycles. The van der Waals surface area contributed by atoms with Crippen molar-refractivity contribution in [3.63, 3.8) is 0 Å². The van der Waals surface area contributed by atoms with E-state index >= 15 is 0 Å². The molecular formula is C21H20FN3O2. The Kier molecular flexibility index (Phi) is 4.98. The number of hydrogen-bond donors (Lipinski definition) is 2. The monoisotopic (exact) mass is 365 g/mol.